The lowest BCUT2D eigenvalue weighted by atomic mass is 10.0. The van der Waals surface area contributed by atoms with E-state index in [4.69, 9.17) is 23.2 Å². The summed E-state index contributed by atoms with van der Waals surface area (Å²) in [6.07, 6.45) is -32.5. The minimum Gasteiger partial charge on any atom is -0.321 e. The summed E-state index contributed by atoms with van der Waals surface area (Å²) in [4.78, 5) is 0. The predicted octanol–water partition coefficient (Wildman–Crippen LogP) is 8.05. The number of methoxy groups -OCH3 is 2. The minimum atomic E-state index is -6.89. The number of halogens is 20. The Kier molecular flexibility index (Phi) is 13.0. The molecule has 0 N–H and O–H groups in total. The molecule has 0 atom stereocenters. The van der Waals surface area contributed by atoms with Crippen LogP contribution in [-0.2, 0) is 9.47 Å². The fourth-order valence-electron chi connectivity index (χ4n) is 1.12. The lowest BCUT2D eigenvalue weighted by molar-refractivity contribution is -0.445. The van der Waals surface area contributed by atoms with E-state index in [9.17, 15) is 79.0 Å². The molecule has 0 rings (SSSR count). The van der Waals surface area contributed by atoms with Crippen LogP contribution in [0.15, 0.2) is 11.1 Å². The van der Waals surface area contributed by atoms with Crippen molar-refractivity contribution in [2.75, 3.05) is 14.2 Å². The Hall–Kier alpha value is -1.02. The molecular formula is C12H8Cl2F18O2. The van der Waals surface area contributed by atoms with Crippen LogP contribution in [-0.4, -0.2) is 62.5 Å². The van der Waals surface area contributed by atoms with Gasteiger partial charge in [0.25, 0.3) is 0 Å². The molecule has 208 valence electrons. The average Bonchev–Trinajstić information content (AvgIpc) is 2.64. The Bertz CT molecular complexity index is 618. The first-order valence-corrected chi connectivity index (χ1v) is 7.77. The first-order valence-electron chi connectivity index (χ1n) is 6.90. The van der Waals surface area contributed by atoms with Crippen molar-refractivity contribution < 1.29 is 88.5 Å². The molecule has 0 bridgehead atoms. The highest BCUT2D eigenvalue weighted by Crippen LogP contribution is 2.55. The van der Waals surface area contributed by atoms with Crippen LogP contribution in [0.4, 0.5) is 79.0 Å². The molecule has 2 nitrogen and oxygen atoms in total. The van der Waals surface area contributed by atoms with Gasteiger partial charge in [-0.2, -0.15) is 74.6 Å². The molecule has 0 saturated heterocycles. The molecular weight excluding hydrogens is 589 g/mol. The third-order valence-electron chi connectivity index (χ3n) is 2.86. The van der Waals surface area contributed by atoms with Gasteiger partial charge in [0.1, 0.15) is 0 Å². The van der Waals surface area contributed by atoms with Gasteiger partial charge in [-0.25, -0.2) is 4.39 Å². The van der Waals surface area contributed by atoms with E-state index in [1.807, 2.05) is 0 Å². The smallest absolute Gasteiger partial charge is 0.321 e. The van der Waals surface area contributed by atoms with Crippen molar-refractivity contribution in [1.29, 1.82) is 0 Å². The second kappa shape index (κ2) is 11.8. The maximum atomic E-state index is 12.5. The lowest BCUT2D eigenvalue weighted by Crippen LogP contribution is -2.65. The number of ether oxygens (including phenoxy) is 2. The van der Waals surface area contributed by atoms with E-state index in [1.165, 1.54) is 11.1 Å². The Morgan fingerprint density at radius 3 is 0.824 bits per heavy atom. The van der Waals surface area contributed by atoms with Crippen LogP contribution in [0.2, 0.25) is 0 Å². The molecule has 0 aromatic carbocycles. The summed E-state index contributed by atoms with van der Waals surface area (Å²) in [6, 6.07) is 0. The Morgan fingerprint density at radius 2 is 0.706 bits per heavy atom. The van der Waals surface area contributed by atoms with E-state index in [1.54, 1.807) is 0 Å². The van der Waals surface area contributed by atoms with Gasteiger partial charge in [0.05, 0.1) is 0 Å². The Labute approximate surface area is 186 Å². The second-order valence-electron chi connectivity index (χ2n) is 4.99. The molecule has 0 aliphatic heterocycles. The molecule has 0 aromatic heterocycles. The second-order valence-corrected chi connectivity index (χ2v) is 5.50. The largest absolute Gasteiger partial charge is 0.460 e. The zero-order valence-electron chi connectivity index (χ0n) is 15.5. The monoisotopic (exact) mass is 596 g/mol. The SMILES string of the molecule is COC(F)(F)C(F)(C(F)(F)F)C(F)(F)F.COC(F)(F)C(F)(F)C(F)(F)C(F)(F)F.Cl/C=C/Cl. The molecule has 0 amide bonds. The number of hydrogen-bond acceptors (Lipinski definition) is 2. The molecule has 0 aliphatic rings. The van der Waals surface area contributed by atoms with Crippen LogP contribution in [0.3, 0.4) is 0 Å². The normalized spacial score (nSPS) is 14.9. The fourth-order valence-corrected chi connectivity index (χ4v) is 1.12. The first-order chi connectivity index (χ1) is 14.5. The van der Waals surface area contributed by atoms with Gasteiger partial charge in [0, 0.05) is 25.3 Å². The molecule has 0 aromatic rings. The summed E-state index contributed by atoms with van der Waals surface area (Å²) >= 11 is 9.75. The first kappa shape index (κ1) is 37.5. The third kappa shape index (κ3) is 7.74. The van der Waals surface area contributed by atoms with Crippen LogP contribution < -0.4 is 0 Å². The van der Waals surface area contributed by atoms with Gasteiger partial charge in [0.2, 0.25) is 0 Å². The number of rotatable bonds is 5. The molecule has 0 heterocycles. The van der Waals surface area contributed by atoms with Crippen LogP contribution in [0, 0.1) is 0 Å². The Balaban J connectivity index is -0.000000488. The maximum absolute atomic E-state index is 12.5. The number of hydrogen-bond donors (Lipinski definition) is 0. The maximum Gasteiger partial charge on any atom is 0.460 e. The molecule has 22 heteroatoms. The summed E-state index contributed by atoms with van der Waals surface area (Å²) in [6.45, 7) is 0. The molecule has 0 radical (unpaired) electrons. The molecule has 0 unspecified atom stereocenters. The number of alkyl halides is 18. The topological polar surface area (TPSA) is 18.5 Å². The molecule has 34 heavy (non-hydrogen) atoms. The van der Waals surface area contributed by atoms with Gasteiger partial charge in [-0.05, 0) is 0 Å². The summed E-state index contributed by atoms with van der Waals surface area (Å²) < 4.78 is 218. The van der Waals surface area contributed by atoms with Crippen molar-refractivity contribution in [2.45, 2.75) is 48.3 Å². The van der Waals surface area contributed by atoms with Crippen LogP contribution in [0.25, 0.3) is 0 Å². The highest BCUT2D eigenvalue weighted by atomic mass is 35.5. The van der Waals surface area contributed by atoms with Crippen molar-refractivity contribution in [3.8, 4) is 0 Å². The highest BCUT2D eigenvalue weighted by Gasteiger charge is 2.85. The van der Waals surface area contributed by atoms with E-state index in [-0.39, 0.29) is 14.2 Å². The summed E-state index contributed by atoms with van der Waals surface area (Å²) in [5.41, 5.74) is -4.26. The van der Waals surface area contributed by atoms with Gasteiger partial charge >= 0.3 is 48.3 Å². The Morgan fingerprint density at radius 1 is 0.441 bits per heavy atom. The third-order valence-corrected chi connectivity index (χ3v) is 3.24. The molecule has 0 spiro atoms. The van der Waals surface area contributed by atoms with Crippen molar-refractivity contribution in [2.24, 2.45) is 0 Å². The zero-order valence-corrected chi connectivity index (χ0v) is 17.0. The summed E-state index contributed by atoms with van der Waals surface area (Å²) in [7, 11) is -0.299. The zero-order chi connectivity index (χ0) is 28.8. The standard InChI is InChI=1S/2C5H3F9O.C2H2Cl2/c1-15-5(13,14)3(8,9)2(6,7)4(10,11)12;1-15-5(13,14)2(6,3(7,8)9)4(10,11)12;3-1-2-4/h2*1H3;1-2H/b;;2-1+. The molecule has 0 fully saturated rings. The van der Waals surface area contributed by atoms with Crippen LogP contribution in [0.1, 0.15) is 0 Å². The van der Waals surface area contributed by atoms with Gasteiger partial charge < -0.3 is 9.47 Å². The van der Waals surface area contributed by atoms with Gasteiger partial charge in [0.15, 0.2) is 0 Å². The van der Waals surface area contributed by atoms with Crippen molar-refractivity contribution in [1.82, 2.24) is 0 Å². The summed E-state index contributed by atoms with van der Waals surface area (Å²) in [5.74, 6) is -13.6. The van der Waals surface area contributed by atoms with Crippen molar-refractivity contribution in [3.05, 3.63) is 11.1 Å². The van der Waals surface area contributed by atoms with Gasteiger partial charge in [-0.1, -0.05) is 23.2 Å². The fraction of sp³-hybridized carbons (Fsp3) is 0.833. The van der Waals surface area contributed by atoms with E-state index in [0.717, 1.165) is 0 Å². The highest BCUT2D eigenvalue weighted by molar-refractivity contribution is 6.33. The van der Waals surface area contributed by atoms with Crippen molar-refractivity contribution >= 4 is 23.2 Å². The van der Waals surface area contributed by atoms with Gasteiger partial charge in [-0.3, -0.25) is 0 Å². The quantitative estimate of drug-likeness (QED) is 0.299. The van der Waals surface area contributed by atoms with Gasteiger partial charge in [-0.15, -0.1) is 0 Å². The van der Waals surface area contributed by atoms with E-state index in [0.29, 0.717) is 0 Å². The molecule has 0 aliphatic carbocycles. The summed E-state index contributed by atoms with van der Waals surface area (Å²) in [5, 5.41) is 0. The van der Waals surface area contributed by atoms with Crippen LogP contribution in [0.5, 0.6) is 0 Å². The van der Waals surface area contributed by atoms with Crippen LogP contribution >= 0.6 is 23.2 Å². The molecule has 0 saturated carbocycles. The average molecular weight is 597 g/mol. The van der Waals surface area contributed by atoms with E-state index < -0.39 is 48.3 Å². The lowest BCUT2D eigenvalue weighted by Gasteiger charge is -2.34. The van der Waals surface area contributed by atoms with Crippen molar-refractivity contribution in [3.63, 3.8) is 0 Å². The predicted molar refractivity (Wildman–Crippen MR) is 76.7 cm³/mol. The minimum absolute atomic E-state index is 0.125. The van der Waals surface area contributed by atoms with E-state index in [2.05, 4.69) is 9.47 Å². The van der Waals surface area contributed by atoms with E-state index >= 15 is 0 Å².